The molecule has 0 N–H and O–H groups in total. The standard InChI is InChI=1S/C20H18O4/c1-22-18-12-10-17(15-19(18)23-2)9-6-14-24-20(21)13-11-16-7-4-3-5-8-16/h3-10,12,15H,14H2,1-2H3. The summed E-state index contributed by atoms with van der Waals surface area (Å²) in [6.45, 7) is 0.149. The Morgan fingerprint density at radius 2 is 1.79 bits per heavy atom. The molecule has 0 aliphatic carbocycles. The highest BCUT2D eigenvalue weighted by Crippen LogP contribution is 2.27. The van der Waals surface area contributed by atoms with Crippen LogP contribution in [-0.2, 0) is 9.53 Å². The molecular weight excluding hydrogens is 304 g/mol. The molecule has 0 radical (unpaired) electrons. The number of benzene rings is 2. The topological polar surface area (TPSA) is 44.8 Å². The molecule has 24 heavy (non-hydrogen) atoms. The van der Waals surface area contributed by atoms with Crippen LogP contribution in [0.4, 0.5) is 0 Å². The average molecular weight is 322 g/mol. The summed E-state index contributed by atoms with van der Waals surface area (Å²) in [7, 11) is 3.17. The highest BCUT2D eigenvalue weighted by Gasteiger charge is 2.02. The van der Waals surface area contributed by atoms with Crippen LogP contribution in [0.25, 0.3) is 6.08 Å². The number of carbonyl (C=O) groups excluding carboxylic acids is 1. The number of methoxy groups -OCH3 is 2. The van der Waals surface area contributed by atoms with E-state index in [1.807, 2.05) is 54.6 Å². The first kappa shape index (κ1) is 17.2. The van der Waals surface area contributed by atoms with Crippen LogP contribution >= 0.6 is 0 Å². The lowest BCUT2D eigenvalue weighted by Crippen LogP contribution is -2.00. The lowest BCUT2D eigenvalue weighted by molar-refractivity contribution is -0.135. The summed E-state index contributed by atoms with van der Waals surface area (Å²) in [5.41, 5.74) is 1.69. The van der Waals surface area contributed by atoms with E-state index >= 15 is 0 Å². The van der Waals surface area contributed by atoms with Crippen LogP contribution in [-0.4, -0.2) is 26.8 Å². The molecule has 122 valence electrons. The molecule has 0 aliphatic rings. The summed E-state index contributed by atoms with van der Waals surface area (Å²) in [6.07, 6.45) is 3.57. The van der Waals surface area contributed by atoms with E-state index in [-0.39, 0.29) is 6.61 Å². The van der Waals surface area contributed by atoms with Crippen molar-refractivity contribution in [3.8, 4) is 23.3 Å². The third-order valence-corrected chi connectivity index (χ3v) is 3.11. The molecule has 0 amide bonds. The van der Waals surface area contributed by atoms with Gasteiger partial charge in [-0.05, 0) is 35.9 Å². The van der Waals surface area contributed by atoms with E-state index < -0.39 is 5.97 Å². The van der Waals surface area contributed by atoms with Crippen LogP contribution in [0.5, 0.6) is 11.5 Å². The average Bonchev–Trinajstić information content (AvgIpc) is 2.64. The fraction of sp³-hybridized carbons (Fsp3) is 0.150. The molecule has 2 aromatic carbocycles. The number of esters is 1. The molecule has 0 saturated heterocycles. The smallest absolute Gasteiger partial charge is 0.385 e. The molecule has 0 heterocycles. The van der Waals surface area contributed by atoms with Gasteiger partial charge in [0.2, 0.25) is 0 Å². The maximum atomic E-state index is 11.5. The minimum atomic E-state index is -0.559. The van der Waals surface area contributed by atoms with Crippen LogP contribution in [0.3, 0.4) is 0 Å². The van der Waals surface area contributed by atoms with Gasteiger partial charge in [0.15, 0.2) is 11.5 Å². The summed E-state index contributed by atoms with van der Waals surface area (Å²) < 4.78 is 15.4. The van der Waals surface area contributed by atoms with E-state index in [1.54, 1.807) is 20.3 Å². The Morgan fingerprint density at radius 1 is 1.04 bits per heavy atom. The molecule has 0 aliphatic heterocycles. The fourth-order valence-electron chi connectivity index (χ4n) is 1.95. The van der Waals surface area contributed by atoms with Crippen molar-refractivity contribution in [2.45, 2.75) is 0 Å². The molecule has 0 fully saturated rings. The van der Waals surface area contributed by atoms with Crippen LogP contribution in [0.1, 0.15) is 11.1 Å². The highest BCUT2D eigenvalue weighted by molar-refractivity contribution is 5.89. The van der Waals surface area contributed by atoms with Crippen LogP contribution in [0.2, 0.25) is 0 Å². The number of hydrogen-bond acceptors (Lipinski definition) is 4. The molecule has 0 saturated carbocycles. The van der Waals surface area contributed by atoms with Crippen molar-refractivity contribution in [1.29, 1.82) is 0 Å². The van der Waals surface area contributed by atoms with E-state index in [1.165, 1.54) is 0 Å². The first-order valence-corrected chi connectivity index (χ1v) is 7.35. The monoisotopic (exact) mass is 322 g/mol. The van der Waals surface area contributed by atoms with Gasteiger partial charge < -0.3 is 14.2 Å². The third kappa shape index (κ3) is 5.22. The summed E-state index contributed by atoms with van der Waals surface area (Å²) >= 11 is 0. The minimum Gasteiger partial charge on any atom is -0.493 e. The molecule has 0 atom stereocenters. The van der Waals surface area contributed by atoms with E-state index in [9.17, 15) is 4.79 Å². The molecule has 0 spiro atoms. The van der Waals surface area contributed by atoms with Crippen molar-refractivity contribution in [3.05, 3.63) is 65.7 Å². The molecule has 2 aromatic rings. The first-order chi connectivity index (χ1) is 11.7. The van der Waals surface area contributed by atoms with Crippen LogP contribution in [0.15, 0.2) is 54.6 Å². The van der Waals surface area contributed by atoms with Crippen molar-refractivity contribution < 1.29 is 19.0 Å². The second-order valence-electron chi connectivity index (χ2n) is 4.73. The zero-order valence-corrected chi connectivity index (χ0v) is 13.6. The van der Waals surface area contributed by atoms with Gasteiger partial charge in [0.1, 0.15) is 6.61 Å². The molecule has 4 nitrogen and oxygen atoms in total. The van der Waals surface area contributed by atoms with Crippen molar-refractivity contribution >= 4 is 12.0 Å². The predicted molar refractivity (Wildman–Crippen MR) is 92.9 cm³/mol. The minimum absolute atomic E-state index is 0.149. The number of ether oxygens (including phenoxy) is 3. The number of rotatable bonds is 5. The van der Waals surface area contributed by atoms with E-state index in [0.717, 1.165) is 11.1 Å². The maximum Gasteiger partial charge on any atom is 0.385 e. The zero-order valence-electron chi connectivity index (χ0n) is 13.6. The largest absolute Gasteiger partial charge is 0.493 e. The van der Waals surface area contributed by atoms with Crippen molar-refractivity contribution in [3.63, 3.8) is 0 Å². The second kappa shape index (κ2) is 9.06. The van der Waals surface area contributed by atoms with Crippen molar-refractivity contribution in [2.24, 2.45) is 0 Å². The Kier molecular flexibility index (Phi) is 6.48. The van der Waals surface area contributed by atoms with Gasteiger partial charge in [-0.3, -0.25) is 0 Å². The Morgan fingerprint density at radius 3 is 2.50 bits per heavy atom. The van der Waals surface area contributed by atoms with Gasteiger partial charge in [-0.2, -0.15) is 0 Å². The predicted octanol–water partition coefficient (Wildman–Crippen LogP) is 3.31. The van der Waals surface area contributed by atoms with Gasteiger partial charge in [-0.25, -0.2) is 4.79 Å². The third-order valence-electron chi connectivity index (χ3n) is 3.11. The Balaban J connectivity index is 1.86. The lowest BCUT2D eigenvalue weighted by Gasteiger charge is -2.07. The summed E-state index contributed by atoms with van der Waals surface area (Å²) in [6, 6.07) is 14.8. The van der Waals surface area contributed by atoms with Crippen molar-refractivity contribution in [1.82, 2.24) is 0 Å². The van der Waals surface area contributed by atoms with Gasteiger partial charge in [0, 0.05) is 11.5 Å². The maximum absolute atomic E-state index is 11.5. The Hall–Kier alpha value is -3.19. The molecule has 4 heteroatoms. The van der Waals surface area contributed by atoms with Gasteiger partial charge in [-0.1, -0.05) is 36.3 Å². The molecular formula is C20H18O4. The Labute approximate surface area is 141 Å². The van der Waals surface area contributed by atoms with Gasteiger partial charge in [-0.15, -0.1) is 0 Å². The molecule has 0 aromatic heterocycles. The zero-order chi connectivity index (χ0) is 17.2. The van der Waals surface area contributed by atoms with E-state index in [2.05, 4.69) is 11.8 Å². The van der Waals surface area contributed by atoms with Gasteiger partial charge in [0.05, 0.1) is 14.2 Å². The first-order valence-electron chi connectivity index (χ1n) is 7.35. The van der Waals surface area contributed by atoms with Crippen molar-refractivity contribution in [2.75, 3.05) is 20.8 Å². The fourth-order valence-corrected chi connectivity index (χ4v) is 1.95. The SMILES string of the molecule is COc1ccc(C=CCOC(=O)C#Cc2ccccc2)cc1OC. The Bertz CT molecular complexity index is 767. The van der Waals surface area contributed by atoms with Crippen LogP contribution in [0, 0.1) is 11.8 Å². The highest BCUT2D eigenvalue weighted by atomic mass is 16.5. The second-order valence-corrected chi connectivity index (χ2v) is 4.73. The van der Waals surface area contributed by atoms with E-state index in [0.29, 0.717) is 11.5 Å². The molecule has 0 bridgehead atoms. The normalized spacial score (nSPS) is 9.92. The van der Waals surface area contributed by atoms with Gasteiger partial charge >= 0.3 is 5.97 Å². The number of carbonyl (C=O) groups is 1. The quantitative estimate of drug-likeness (QED) is 0.626. The lowest BCUT2D eigenvalue weighted by atomic mass is 10.2. The summed E-state index contributed by atoms with van der Waals surface area (Å²) in [5.74, 6) is 5.95. The van der Waals surface area contributed by atoms with E-state index in [4.69, 9.17) is 14.2 Å². The van der Waals surface area contributed by atoms with Gasteiger partial charge in [0.25, 0.3) is 0 Å². The molecule has 2 rings (SSSR count). The number of hydrogen-bond donors (Lipinski definition) is 0. The van der Waals surface area contributed by atoms with Crippen LogP contribution < -0.4 is 9.47 Å². The molecule has 0 unspecified atom stereocenters. The summed E-state index contributed by atoms with van der Waals surface area (Å²) in [4.78, 5) is 11.5. The summed E-state index contributed by atoms with van der Waals surface area (Å²) in [5, 5.41) is 0.